The summed E-state index contributed by atoms with van der Waals surface area (Å²) in [6.45, 7) is 1.57. The molecule has 0 aromatic heterocycles. The van der Waals surface area contributed by atoms with Crippen molar-refractivity contribution >= 4 is 15.9 Å². The molecule has 3 atom stereocenters. The van der Waals surface area contributed by atoms with Crippen LogP contribution in [-0.4, -0.2) is 60.0 Å². The molecule has 0 spiro atoms. The van der Waals surface area contributed by atoms with Crippen molar-refractivity contribution in [2.75, 3.05) is 6.54 Å². The van der Waals surface area contributed by atoms with E-state index in [4.69, 9.17) is 0 Å². The highest BCUT2D eigenvalue weighted by Gasteiger charge is 2.53. The molecular formula is C26H30F2N2O4S. The number of alkyl halides is 1. The first-order chi connectivity index (χ1) is 16.6. The van der Waals surface area contributed by atoms with Gasteiger partial charge in [-0.25, -0.2) is 21.9 Å². The molecule has 0 radical (unpaired) electrons. The number of sulfonamides is 1. The quantitative estimate of drug-likeness (QED) is 0.606. The van der Waals surface area contributed by atoms with Gasteiger partial charge < -0.3 is 10.0 Å². The number of hydrogen-bond donors (Lipinski definition) is 2. The number of halogens is 2. The molecule has 3 aliphatic rings. The highest BCUT2D eigenvalue weighted by Crippen LogP contribution is 2.38. The van der Waals surface area contributed by atoms with Gasteiger partial charge in [-0.1, -0.05) is 48.0 Å². The monoisotopic (exact) mass is 504 g/mol. The van der Waals surface area contributed by atoms with Gasteiger partial charge >= 0.3 is 0 Å². The van der Waals surface area contributed by atoms with Crippen molar-refractivity contribution in [1.82, 2.24) is 9.62 Å². The van der Waals surface area contributed by atoms with Crippen LogP contribution in [0, 0.1) is 12.7 Å². The molecule has 2 N–H and O–H groups in total. The molecule has 2 aromatic rings. The number of rotatable bonds is 7. The van der Waals surface area contributed by atoms with Crippen molar-refractivity contribution in [3.63, 3.8) is 0 Å². The third-order valence-electron chi connectivity index (χ3n) is 7.52. The number of nitrogens with zero attached hydrogens (tertiary/aromatic N) is 1. The first kappa shape index (κ1) is 24.3. The van der Waals surface area contributed by atoms with Crippen LogP contribution in [0.2, 0.25) is 0 Å². The zero-order chi connectivity index (χ0) is 25.0. The number of aryl methyl sites for hydroxylation is 1. The van der Waals surface area contributed by atoms with Gasteiger partial charge in [0.25, 0.3) is 5.91 Å². The summed E-state index contributed by atoms with van der Waals surface area (Å²) in [4.78, 5) is 14.4. The van der Waals surface area contributed by atoms with E-state index in [0.29, 0.717) is 30.4 Å². The zero-order valence-corrected chi connectivity index (χ0v) is 20.4. The second kappa shape index (κ2) is 8.94. The summed E-state index contributed by atoms with van der Waals surface area (Å²) in [5.41, 5.74) is 0.749. The second-order valence-corrected chi connectivity index (χ2v) is 12.2. The number of benzene rings is 2. The van der Waals surface area contributed by atoms with Crippen molar-refractivity contribution in [3.8, 4) is 11.1 Å². The minimum Gasteiger partial charge on any atom is -0.380 e. The molecule has 35 heavy (non-hydrogen) atoms. The molecule has 2 aliphatic carbocycles. The van der Waals surface area contributed by atoms with Gasteiger partial charge in [0.1, 0.15) is 17.6 Å². The molecule has 9 heteroatoms. The lowest BCUT2D eigenvalue weighted by atomic mass is 9.79. The Balaban J connectivity index is 1.49. The summed E-state index contributed by atoms with van der Waals surface area (Å²) in [6.07, 6.45) is 0.530. The fraction of sp³-hybridized carbons (Fsp3) is 0.500. The third kappa shape index (κ3) is 4.61. The fourth-order valence-electron chi connectivity index (χ4n) is 5.15. The maximum atomic E-state index is 15.7. The molecule has 6 nitrogen and oxygen atoms in total. The van der Waals surface area contributed by atoms with Gasteiger partial charge in [0, 0.05) is 5.56 Å². The molecule has 2 saturated carbocycles. The molecule has 3 fully saturated rings. The zero-order valence-electron chi connectivity index (χ0n) is 19.6. The largest absolute Gasteiger partial charge is 0.380 e. The minimum atomic E-state index is -3.76. The summed E-state index contributed by atoms with van der Waals surface area (Å²) in [5.74, 6) is -1.10. The van der Waals surface area contributed by atoms with E-state index in [1.54, 1.807) is 24.3 Å². The van der Waals surface area contributed by atoms with E-state index in [0.717, 1.165) is 5.56 Å². The minimum absolute atomic E-state index is 0.0778. The Morgan fingerprint density at radius 2 is 1.91 bits per heavy atom. The van der Waals surface area contributed by atoms with Crippen LogP contribution in [0.15, 0.2) is 42.5 Å². The lowest BCUT2D eigenvalue weighted by Crippen LogP contribution is -2.57. The second-order valence-electron chi connectivity index (χ2n) is 10.2. The van der Waals surface area contributed by atoms with Gasteiger partial charge in [-0.05, 0) is 56.6 Å². The third-order valence-corrected chi connectivity index (χ3v) is 9.47. The summed E-state index contributed by atoms with van der Waals surface area (Å²) in [7, 11) is -3.76. The maximum absolute atomic E-state index is 15.7. The van der Waals surface area contributed by atoms with E-state index in [9.17, 15) is 18.3 Å². The predicted molar refractivity (Wildman–Crippen MR) is 128 cm³/mol. The van der Waals surface area contributed by atoms with Gasteiger partial charge in [-0.15, -0.1) is 0 Å². The molecule has 1 saturated heterocycles. The molecule has 1 aliphatic heterocycles. The van der Waals surface area contributed by atoms with Crippen LogP contribution in [0.25, 0.3) is 11.1 Å². The number of nitrogens with one attached hydrogen (secondary N) is 1. The molecule has 5 rings (SSSR count). The van der Waals surface area contributed by atoms with E-state index in [1.165, 1.54) is 4.90 Å². The molecule has 0 unspecified atom stereocenters. The smallest absolute Gasteiger partial charge is 0.254 e. The summed E-state index contributed by atoms with van der Waals surface area (Å²) in [5, 5.41) is 10.1. The number of carbonyl (C=O) groups excluding carboxylic acids is 1. The van der Waals surface area contributed by atoms with Crippen molar-refractivity contribution in [1.29, 1.82) is 0 Å². The molecule has 2 aromatic carbocycles. The topological polar surface area (TPSA) is 86.7 Å². The van der Waals surface area contributed by atoms with Crippen LogP contribution < -0.4 is 4.72 Å². The number of aliphatic hydroxyl groups is 1. The summed E-state index contributed by atoms with van der Waals surface area (Å²) in [6, 6.07) is 10.2. The average Bonchev–Trinajstić information content (AvgIpc) is 3.61. The lowest BCUT2D eigenvalue weighted by molar-refractivity contribution is -0.161. The molecular weight excluding hydrogens is 474 g/mol. The van der Waals surface area contributed by atoms with Crippen LogP contribution in [-0.2, 0) is 21.2 Å². The molecule has 1 amide bonds. The highest BCUT2D eigenvalue weighted by molar-refractivity contribution is 7.90. The van der Waals surface area contributed by atoms with Crippen LogP contribution >= 0.6 is 0 Å². The van der Waals surface area contributed by atoms with Crippen LogP contribution in [0.3, 0.4) is 0 Å². The van der Waals surface area contributed by atoms with E-state index in [1.807, 2.05) is 25.1 Å². The summed E-state index contributed by atoms with van der Waals surface area (Å²) < 4.78 is 58.8. The molecule has 0 bridgehead atoms. The van der Waals surface area contributed by atoms with Crippen molar-refractivity contribution in [2.45, 2.75) is 74.6 Å². The Hall–Kier alpha value is -2.36. The Morgan fingerprint density at radius 3 is 2.54 bits per heavy atom. The van der Waals surface area contributed by atoms with E-state index >= 15 is 8.78 Å². The predicted octanol–water partition coefficient (Wildman–Crippen LogP) is 3.26. The van der Waals surface area contributed by atoms with E-state index in [2.05, 4.69) is 4.72 Å². The van der Waals surface area contributed by atoms with Crippen LogP contribution in [0.5, 0.6) is 0 Å². The fourth-order valence-corrected chi connectivity index (χ4v) is 6.78. The van der Waals surface area contributed by atoms with Gasteiger partial charge in [0.05, 0.1) is 23.9 Å². The van der Waals surface area contributed by atoms with Gasteiger partial charge in [-0.3, -0.25) is 4.79 Å². The SMILES string of the molecule is Cc1cccc(-c2cccc(C[C@H]3[C@@H](NS(=O)(=O)C4CC4)[C@@H](F)CN3C(=O)C3(O)CCC3)c2F)c1. The van der Waals surface area contributed by atoms with E-state index in [-0.39, 0.29) is 31.4 Å². The van der Waals surface area contributed by atoms with Gasteiger partial charge in [-0.2, -0.15) is 0 Å². The van der Waals surface area contributed by atoms with Crippen LogP contribution in [0.1, 0.15) is 43.2 Å². The Morgan fingerprint density at radius 1 is 1.20 bits per heavy atom. The normalized spacial score (nSPS) is 25.9. The Kier molecular flexibility index (Phi) is 6.22. The molecule has 188 valence electrons. The van der Waals surface area contributed by atoms with Crippen LogP contribution in [0.4, 0.5) is 8.78 Å². The Bertz CT molecular complexity index is 1240. The van der Waals surface area contributed by atoms with Gasteiger partial charge in [0.2, 0.25) is 10.0 Å². The number of likely N-dealkylation sites (tertiary alicyclic amines) is 1. The Labute approximate surface area is 204 Å². The lowest BCUT2D eigenvalue weighted by Gasteiger charge is -2.40. The number of hydrogen-bond acceptors (Lipinski definition) is 4. The first-order valence-corrected chi connectivity index (χ1v) is 13.7. The van der Waals surface area contributed by atoms with Crippen molar-refractivity contribution < 1.29 is 27.1 Å². The van der Waals surface area contributed by atoms with E-state index < -0.39 is 50.9 Å². The van der Waals surface area contributed by atoms with Crippen molar-refractivity contribution in [2.24, 2.45) is 0 Å². The summed E-state index contributed by atoms with van der Waals surface area (Å²) >= 11 is 0. The standard InChI is InChI=1S/C26H30F2N2O4S/c1-16-5-2-6-17(13-16)20-8-3-7-18(23(20)28)14-22-24(29-35(33,34)19-9-10-19)21(27)15-30(22)25(31)26(32)11-4-12-26/h2-3,5-8,13,19,21-22,24,29,32H,4,9-12,14-15H2,1H3/t21-,22-,24-/m0/s1. The highest BCUT2D eigenvalue weighted by atomic mass is 32.2. The first-order valence-electron chi connectivity index (χ1n) is 12.1. The molecule has 1 heterocycles. The number of carbonyl (C=O) groups is 1. The average molecular weight is 505 g/mol. The maximum Gasteiger partial charge on any atom is 0.254 e. The van der Waals surface area contributed by atoms with Crippen molar-refractivity contribution in [3.05, 3.63) is 59.4 Å². The number of amides is 1. The van der Waals surface area contributed by atoms with Gasteiger partial charge in [0.15, 0.2) is 0 Å².